The van der Waals surface area contributed by atoms with Crippen LogP contribution in [0.3, 0.4) is 0 Å². The number of guanidine groups is 1. The maximum Gasteiger partial charge on any atom is 0.191 e. The normalized spacial score (nSPS) is 20.0. The van der Waals surface area contributed by atoms with E-state index in [4.69, 9.17) is 4.99 Å². The SMILES string of the molecule is CCNC(=NCC1CCN(c2ccccc2)C1)NC(C)C(C)C. The molecule has 0 aliphatic carbocycles. The zero-order chi connectivity index (χ0) is 16.7. The molecule has 1 fully saturated rings. The summed E-state index contributed by atoms with van der Waals surface area (Å²) >= 11 is 0. The number of aliphatic imine (C=N–C) groups is 1. The first-order valence-electron chi connectivity index (χ1n) is 8.95. The topological polar surface area (TPSA) is 39.7 Å². The predicted molar refractivity (Wildman–Crippen MR) is 100 cm³/mol. The highest BCUT2D eigenvalue weighted by Gasteiger charge is 2.22. The number of hydrogen-bond acceptors (Lipinski definition) is 2. The summed E-state index contributed by atoms with van der Waals surface area (Å²) in [5.74, 6) is 2.19. The van der Waals surface area contributed by atoms with Crippen molar-refractivity contribution in [1.29, 1.82) is 0 Å². The number of benzene rings is 1. The van der Waals surface area contributed by atoms with Crippen LogP contribution in [0.1, 0.15) is 34.1 Å². The van der Waals surface area contributed by atoms with Gasteiger partial charge in [0.1, 0.15) is 0 Å². The van der Waals surface area contributed by atoms with E-state index < -0.39 is 0 Å². The van der Waals surface area contributed by atoms with Crippen LogP contribution in [-0.2, 0) is 0 Å². The van der Waals surface area contributed by atoms with Crippen LogP contribution in [0.5, 0.6) is 0 Å². The van der Waals surface area contributed by atoms with Crippen molar-refractivity contribution >= 4 is 11.6 Å². The van der Waals surface area contributed by atoms with Gasteiger partial charge < -0.3 is 15.5 Å². The van der Waals surface area contributed by atoms with Gasteiger partial charge in [-0.25, -0.2) is 0 Å². The molecule has 0 radical (unpaired) electrons. The van der Waals surface area contributed by atoms with Gasteiger partial charge in [-0.15, -0.1) is 0 Å². The minimum atomic E-state index is 0.428. The zero-order valence-corrected chi connectivity index (χ0v) is 15.0. The lowest BCUT2D eigenvalue weighted by Gasteiger charge is -2.21. The van der Waals surface area contributed by atoms with Gasteiger partial charge in [-0.05, 0) is 44.2 Å². The summed E-state index contributed by atoms with van der Waals surface area (Å²) in [5.41, 5.74) is 1.33. The molecule has 4 heteroatoms. The first-order valence-corrected chi connectivity index (χ1v) is 8.95. The Balaban J connectivity index is 1.87. The first-order chi connectivity index (χ1) is 11.1. The van der Waals surface area contributed by atoms with Gasteiger partial charge in [-0.3, -0.25) is 4.99 Å². The van der Waals surface area contributed by atoms with Crippen LogP contribution < -0.4 is 15.5 Å². The Morgan fingerprint density at radius 2 is 2.00 bits per heavy atom. The molecule has 1 aliphatic rings. The largest absolute Gasteiger partial charge is 0.371 e. The van der Waals surface area contributed by atoms with E-state index in [-0.39, 0.29) is 0 Å². The van der Waals surface area contributed by atoms with Crippen molar-refractivity contribution < 1.29 is 0 Å². The van der Waals surface area contributed by atoms with Gasteiger partial charge >= 0.3 is 0 Å². The molecule has 2 unspecified atom stereocenters. The molecule has 1 aliphatic heterocycles. The van der Waals surface area contributed by atoms with E-state index in [1.165, 1.54) is 12.1 Å². The van der Waals surface area contributed by atoms with Crippen molar-refractivity contribution in [3.8, 4) is 0 Å². The lowest BCUT2D eigenvalue weighted by molar-refractivity contribution is 0.479. The van der Waals surface area contributed by atoms with Gasteiger partial charge in [0.05, 0.1) is 0 Å². The predicted octanol–water partition coefficient (Wildman–Crippen LogP) is 3.11. The summed E-state index contributed by atoms with van der Waals surface area (Å²) in [6.07, 6.45) is 1.22. The maximum absolute atomic E-state index is 4.81. The second kappa shape index (κ2) is 8.80. The first kappa shape index (κ1) is 17.6. The second-order valence-electron chi connectivity index (χ2n) is 6.83. The highest BCUT2D eigenvalue weighted by molar-refractivity contribution is 5.80. The number of anilines is 1. The number of para-hydroxylation sites is 1. The van der Waals surface area contributed by atoms with Crippen molar-refractivity contribution in [2.45, 2.75) is 40.2 Å². The Labute approximate surface area is 141 Å². The highest BCUT2D eigenvalue weighted by atomic mass is 15.2. The Morgan fingerprint density at radius 1 is 1.26 bits per heavy atom. The molecule has 23 heavy (non-hydrogen) atoms. The van der Waals surface area contributed by atoms with E-state index in [9.17, 15) is 0 Å². The third-order valence-corrected chi connectivity index (χ3v) is 4.62. The van der Waals surface area contributed by atoms with Gasteiger partial charge in [0.15, 0.2) is 5.96 Å². The minimum Gasteiger partial charge on any atom is -0.371 e. The Morgan fingerprint density at radius 3 is 2.65 bits per heavy atom. The van der Waals surface area contributed by atoms with Crippen LogP contribution in [0, 0.1) is 11.8 Å². The molecule has 0 saturated carbocycles. The molecule has 0 bridgehead atoms. The molecule has 128 valence electrons. The lowest BCUT2D eigenvalue weighted by Crippen LogP contribution is -2.44. The summed E-state index contributed by atoms with van der Waals surface area (Å²) in [7, 11) is 0. The summed E-state index contributed by atoms with van der Waals surface area (Å²) in [6, 6.07) is 11.1. The van der Waals surface area contributed by atoms with E-state index in [2.05, 4.69) is 73.6 Å². The van der Waals surface area contributed by atoms with Crippen molar-refractivity contribution in [2.24, 2.45) is 16.8 Å². The molecular weight excluding hydrogens is 284 g/mol. The molecule has 2 atom stereocenters. The van der Waals surface area contributed by atoms with E-state index in [1.807, 2.05) is 0 Å². The third kappa shape index (κ3) is 5.45. The molecular formula is C19H32N4. The second-order valence-corrected chi connectivity index (χ2v) is 6.83. The van der Waals surface area contributed by atoms with Crippen LogP contribution in [0.25, 0.3) is 0 Å². The number of hydrogen-bond donors (Lipinski definition) is 2. The van der Waals surface area contributed by atoms with Gasteiger partial charge in [-0.2, -0.15) is 0 Å². The molecule has 1 aromatic carbocycles. The number of nitrogens with one attached hydrogen (secondary N) is 2. The van der Waals surface area contributed by atoms with E-state index in [0.717, 1.165) is 32.1 Å². The molecule has 1 saturated heterocycles. The third-order valence-electron chi connectivity index (χ3n) is 4.62. The highest BCUT2D eigenvalue weighted by Crippen LogP contribution is 2.23. The lowest BCUT2D eigenvalue weighted by atomic mass is 10.1. The molecule has 0 spiro atoms. The molecule has 1 heterocycles. The molecule has 2 N–H and O–H groups in total. The van der Waals surface area contributed by atoms with E-state index in [1.54, 1.807) is 0 Å². The Hall–Kier alpha value is -1.71. The maximum atomic E-state index is 4.81. The van der Waals surface area contributed by atoms with Crippen LogP contribution >= 0.6 is 0 Å². The van der Waals surface area contributed by atoms with Crippen molar-refractivity contribution in [2.75, 3.05) is 31.1 Å². The van der Waals surface area contributed by atoms with Gasteiger partial charge in [0, 0.05) is 37.9 Å². The molecule has 4 nitrogen and oxygen atoms in total. The van der Waals surface area contributed by atoms with Crippen LogP contribution in [-0.4, -0.2) is 38.2 Å². The fraction of sp³-hybridized carbons (Fsp3) is 0.632. The van der Waals surface area contributed by atoms with Crippen LogP contribution in [0.15, 0.2) is 35.3 Å². The van der Waals surface area contributed by atoms with Crippen molar-refractivity contribution in [3.63, 3.8) is 0 Å². The smallest absolute Gasteiger partial charge is 0.191 e. The quantitative estimate of drug-likeness (QED) is 0.626. The number of rotatable bonds is 6. The van der Waals surface area contributed by atoms with Crippen molar-refractivity contribution in [1.82, 2.24) is 10.6 Å². The summed E-state index contributed by atoms with van der Waals surface area (Å²) < 4.78 is 0. The van der Waals surface area contributed by atoms with Gasteiger partial charge in [-0.1, -0.05) is 32.0 Å². The minimum absolute atomic E-state index is 0.428. The number of nitrogens with zero attached hydrogens (tertiary/aromatic N) is 2. The summed E-state index contributed by atoms with van der Waals surface area (Å²) in [4.78, 5) is 7.28. The van der Waals surface area contributed by atoms with Gasteiger partial charge in [0.2, 0.25) is 0 Å². The monoisotopic (exact) mass is 316 g/mol. The summed E-state index contributed by atoms with van der Waals surface area (Å²) in [5, 5.41) is 6.87. The fourth-order valence-corrected chi connectivity index (χ4v) is 2.78. The van der Waals surface area contributed by atoms with Gasteiger partial charge in [0.25, 0.3) is 0 Å². The standard InChI is InChI=1S/C19H32N4/c1-5-20-19(22-16(4)15(2)3)21-13-17-11-12-23(14-17)18-9-7-6-8-10-18/h6-10,15-17H,5,11-14H2,1-4H3,(H2,20,21,22). The summed E-state index contributed by atoms with van der Waals surface area (Å²) in [6.45, 7) is 12.8. The average Bonchev–Trinajstić information content (AvgIpc) is 3.02. The Kier molecular flexibility index (Phi) is 6.75. The molecule has 1 aromatic rings. The van der Waals surface area contributed by atoms with Crippen molar-refractivity contribution in [3.05, 3.63) is 30.3 Å². The average molecular weight is 316 g/mol. The molecule has 0 aromatic heterocycles. The van der Waals surface area contributed by atoms with E-state index in [0.29, 0.717) is 17.9 Å². The van der Waals surface area contributed by atoms with Crippen LogP contribution in [0.4, 0.5) is 5.69 Å². The molecule has 0 amide bonds. The Bertz CT molecular complexity index is 483. The zero-order valence-electron chi connectivity index (χ0n) is 15.0. The van der Waals surface area contributed by atoms with E-state index >= 15 is 0 Å². The fourth-order valence-electron chi connectivity index (χ4n) is 2.78. The van der Waals surface area contributed by atoms with Crippen LogP contribution in [0.2, 0.25) is 0 Å². The molecule has 2 rings (SSSR count).